The van der Waals surface area contributed by atoms with E-state index in [1.165, 1.54) is 27.5 Å². The van der Waals surface area contributed by atoms with Crippen molar-refractivity contribution in [3.8, 4) is 0 Å². The van der Waals surface area contributed by atoms with E-state index < -0.39 is 0 Å². The van der Waals surface area contributed by atoms with Gasteiger partial charge in [-0.1, -0.05) is 19.1 Å². The van der Waals surface area contributed by atoms with Gasteiger partial charge in [0, 0.05) is 21.6 Å². The van der Waals surface area contributed by atoms with Crippen molar-refractivity contribution < 1.29 is 0 Å². The van der Waals surface area contributed by atoms with Crippen LogP contribution in [0.1, 0.15) is 42.4 Å². The molecule has 4 heteroatoms. The summed E-state index contributed by atoms with van der Waals surface area (Å²) in [5.74, 6) is 1.11. The minimum atomic E-state index is 0.425. The normalized spacial score (nSPS) is 12.5. The Balaban J connectivity index is 1.87. The van der Waals surface area contributed by atoms with Crippen molar-refractivity contribution in [2.75, 3.05) is 12.3 Å². The summed E-state index contributed by atoms with van der Waals surface area (Å²) in [6.07, 6.45) is 2.28. The molecule has 1 N–H and O–H groups in total. The Bertz CT molecular complexity index is 551. The van der Waals surface area contributed by atoms with Gasteiger partial charge in [-0.15, -0.1) is 23.1 Å². The van der Waals surface area contributed by atoms with Gasteiger partial charge in [0.2, 0.25) is 0 Å². The van der Waals surface area contributed by atoms with Crippen LogP contribution < -0.4 is 5.32 Å². The van der Waals surface area contributed by atoms with Crippen LogP contribution in [0, 0.1) is 6.92 Å². The van der Waals surface area contributed by atoms with Crippen LogP contribution >= 0.6 is 23.1 Å². The van der Waals surface area contributed by atoms with Crippen molar-refractivity contribution in [3.05, 3.63) is 45.9 Å². The van der Waals surface area contributed by atoms with Gasteiger partial charge in [0.1, 0.15) is 0 Å². The third kappa shape index (κ3) is 5.13. The van der Waals surface area contributed by atoms with Crippen LogP contribution in [0.15, 0.2) is 34.7 Å². The van der Waals surface area contributed by atoms with Crippen LogP contribution in [0.4, 0.5) is 0 Å². The van der Waals surface area contributed by atoms with E-state index in [1.807, 2.05) is 17.3 Å². The largest absolute Gasteiger partial charge is 0.310 e. The number of benzene rings is 1. The third-order valence-electron chi connectivity index (χ3n) is 3.50. The van der Waals surface area contributed by atoms with E-state index in [2.05, 4.69) is 55.3 Å². The lowest BCUT2D eigenvalue weighted by Crippen LogP contribution is -2.19. The summed E-state index contributed by atoms with van der Waals surface area (Å²) in [4.78, 5) is 7.08. The smallest absolute Gasteiger partial charge is 0.0797 e. The van der Waals surface area contributed by atoms with E-state index in [-0.39, 0.29) is 0 Å². The molecule has 0 saturated heterocycles. The topological polar surface area (TPSA) is 24.9 Å². The minimum Gasteiger partial charge on any atom is -0.310 e. The Morgan fingerprint density at radius 1 is 1.38 bits per heavy atom. The fourth-order valence-electron chi connectivity index (χ4n) is 2.18. The number of thioether (sulfide) groups is 1. The maximum absolute atomic E-state index is 4.31. The SMILES string of the molecule is CCCNC(C)c1cccc(SCCc2scnc2C)c1. The van der Waals surface area contributed by atoms with E-state index >= 15 is 0 Å². The standard InChI is InChI=1S/C17H24N2S2/c1-4-9-18-13(2)15-6-5-7-16(11-15)20-10-8-17-14(3)19-12-21-17/h5-7,11-13,18H,4,8-10H2,1-3H3. The van der Waals surface area contributed by atoms with E-state index in [9.17, 15) is 0 Å². The predicted molar refractivity (Wildman–Crippen MR) is 94.4 cm³/mol. The summed E-state index contributed by atoms with van der Waals surface area (Å²) in [5, 5.41) is 3.55. The van der Waals surface area contributed by atoms with Crippen LogP contribution in [0.3, 0.4) is 0 Å². The number of aryl methyl sites for hydroxylation is 2. The number of hydrogen-bond donors (Lipinski definition) is 1. The highest BCUT2D eigenvalue weighted by atomic mass is 32.2. The highest BCUT2D eigenvalue weighted by Crippen LogP contribution is 2.24. The monoisotopic (exact) mass is 320 g/mol. The molecule has 0 spiro atoms. The molecule has 0 bridgehead atoms. The quantitative estimate of drug-likeness (QED) is 0.704. The molecule has 2 rings (SSSR count). The molecule has 21 heavy (non-hydrogen) atoms. The molecule has 0 saturated carbocycles. The maximum Gasteiger partial charge on any atom is 0.0797 e. The first kappa shape index (κ1) is 16.5. The summed E-state index contributed by atoms with van der Waals surface area (Å²) >= 11 is 3.70. The molecule has 2 nitrogen and oxygen atoms in total. The highest BCUT2D eigenvalue weighted by Gasteiger charge is 2.06. The second-order valence-corrected chi connectivity index (χ2v) is 7.32. The second kappa shape index (κ2) is 8.57. The van der Waals surface area contributed by atoms with Crippen molar-refractivity contribution >= 4 is 23.1 Å². The molecule has 0 aliphatic rings. The Kier molecular flexibility index (Phi) is 6.74. The van der Waals surface area contributed by atoms with Gasteiger partial charge in [-0.3, -0.25) is 0 Å². The molecular weight excluding hydrogens is 296 g/mol. The van der Waals surface area contributed by atoms with Crippen molar-refractivity contribution in [3.63, 3.8) is 0 Å². The average molecular weight is 321 g/mol. The van der Waals surface area contributed by atoms with E-state index in [0.29, 0.717) is 6.04 Å². The molecule has 1 aromatic heterocycles. The maximum atomic E-state index is 4.31. The zero-order chi connectivity index (χ0) is 15.1. The van der Waals surface area contributed by atoms with Gasteiger partial charge < -0.3 is 5.32 Å². The lowest BCUT2D eigenvalue weighted by atomic mass is 10.1. The summed E-state index contributed by atoms with van der Waals surface area (Å²) in [6.45, 7) is 7.61. The average Bonchev–Trinajstić information content (AvgIpc) is 2.90. The molecule has 0 aliphatic heterocycles. The molecule has 1 unspecified atom stereocenters. The first-order valence-electron chi connectivity index (χ1n) is 7.55. The van der Waals surface area contributed by atoms with Gasteiger partial charge in [-0.05, 0) is 50.9 Å². The van der Waals surface area contributed by atoms with E-state index in [1.54, 1.807) is 11.3 Å². The van der Waals surface area contributed by atoms with Gasteiger partial charge >= 0.3 is 0 Å². The first-order valence-corrected chi connectivity index (χ1v) is 9.42. The van der Waals surface area contributed by atoms with Crippen LogP contribution in [0.25, 0.3) is 0 Å². The molecule has 2 aromatic rings. The van der Waals surface area contributed by atoms with E-state index in [4.69, 9.17) is 0 Å². The van der Waals surface area contributed by atoms with Gasteiger partial charge in [0.05, 0.1) is 11.2 Å². The Labute approximate surface area is 136 Å². The van der Waals surface area contributed by atoms with Gasteiger partial charge in [0.25, 0.3) is 0 Å². The third-order valence-corrected chi connectivity index (χ3v) is 5.49. The number of thiazole rings is 1. The molecule has 114 valence electrons. The first-order chi connectivity index (χ1) is 10.2. The number of rotatable bonds is 8. The van der Waals surface area contributed by atoms with Gasteiger partial charge in [-0.25, -0.2) is 4.98 Å². The molecule has 0 fully saturated rings. The van der Waals surface area contributed by atoms with Gasteiger partial charge in [-0.2, -0.15) is 0 Å². The number of nitrogens with one attached hydrogen (secondary N) is 1. The fourth-order valence-corrected chi connectivity index (χ4v) is 4.03. The van der Waals surface area contributed by atoms with Crippen LogP contribution in [0.2, 0.25) is 0 Å². The molecule has 1 heterocycles. The Hall–Kier alpha value is -0.840. The van der Waals surface area contributed by atoms with Crippen LogP contribution in [-0.4, -0.2) is 17.3 Å². The summed E-state index contributed by atoms with van der Waals surface area (Å²) in [5.41, 5.74) is 4.51. The van der Waals surface area contributed by atoms with Crippen molar-refractivity contribution in [2.24, 2.45) is 0 Å². The second-order valence-electron chi connectivity index (χ2n) is 5.21. The Morgan fingerprint density at radius 3 is 2.95 bits per heavy atom. The number of aromatic nitrogens is 1. The van der Waals surface area contributed by atoms with Crippen molar-refractivity contribution in [1.29, 1.82) is 0 Å². The van der Waals surface area contributed by atoms with E-state index in [0.717, 1.165) is 18.7 Å². The lowest BCUT2D eigenvalue weighted by Gasteiger charge is -2.14. The zero-order valence-electron chi connectivity index (χ0n) is 13.1. The van der Waals surface area contributed by atoms with Gasteiger partial charge in [0.15, 0.2) is 0 Å². The fraction of sp³-hybridized carbons (Fsp3) is 0.471. The summed E-state index contributed by atoms with van der Waals surface area (Å²) in [6, 6.07) is 9.33. The lowest BCUT2D eigenvalue weighted by molar-refractivity contribution is 0.570. The van der Waals surface area contributed by atoms with Crippen LogP contribution in [0.5, 0.6) is 0 Å². The number of nitrogens with zero attached hydrogens (tertiary/aromatic N) is 1. The molecule has 1 atom stereocenters. The molecule has 0 amide bonds. The highest BCUT2D eigenvalue weighted by molar-refractivity contribution is 7.99. The van der Waals surface area contributed by atoms with Crippen molar-refractivity contribution in [1.82, 2.24) is 10.3 Å². The molecule has 1 aromatic carbocycles. The minimum absolute atomic E-state index is 0.425. The van der Waals surface area contributed by atoms with Crippen LogP contribution in [-0.2, 0) is 6.42 Å². The molecule has 0 aliphatic carbocycles. The Morgan fingerprint density at radius 2 is 2.24 bits per heavy atom. The number of hydrogen-bond acceptors (Lipinski definition) is 4. The molecular formula is C17H24N2S2. The summed E-state index contributed by atoms with van der Waals surface area (Å²) < 4.78 is 0. The summed E-state index contributed by atoms with van der Waals surface area (Å²) in [7, 11) is 0. The molecule has 0 radical (unpaired) electrons. The zero-order valence-corrected chi connectivity index (χ0v) is 14.7. The van der Waals surface area contributed by atoms with Crippen molar-refractivity contribution in [2.45, 2.75) is 44.6 Å². The predicted octanol–water partition coefficient (Wildman–Crippen LogP) is 4.85.